The Kier molecular flexibility index (Phi) is 3.43. The van der Waals surface area contributed by atoms with Gasteiger partial charge in [0.05, 0.1) is 17.4 Å². The molecule has 0 bridgehead atoms. The highest BCUT2D eigenvalue weighted by molar-refractivity contribution is 6.32. The standard InChI is InChI=1S/C12H11ClN4O/c1-7-2-3-10(8(13)4-7)18-11-6-16-9(5-17-11)12(14)15/h2-6H,1H3,(H3,14,15). The van der Waals surface area contributed by atoms with Crippen LogP contribution in [0.4, 0.5) is 0 Å². The summed E-state index contributed by atoms with van der Waals surface area (Å²) in [4.78, 5) is 7.94. The lowest BCUT2D eigenvalue weighted by molar-refractivity contribution is 0.460. The molecule has 3 N–H and O–H groups in total. The van der Waals surface area contributed by atoms with Crippen molar-refractivity contribution in [2.45, 2.75) is 6.92 Å². The van der Waals surface area contributed by atoms with Gasteiger partial charge >= 0.3 is 0 Å². The zero-order chi connectivity index (χ0) is 13.1. The summed E-state index contributed by atoms with van der Waals surface area (Å²) >= 11 is 6.03. The Bertz CT molecular complexity index is 583. The van der Waals surface area contributed by atoms with Crippen LogP contribution >= 0.6 is 11.6 Å². The van der Waals surface area contributed by atoms with Crippen molar-refractivity contribution in [2.24, 2.45) is 5.73 Å². The van der Waals surface area contributed by atoms with E-state index in [4.69, 9.17) is 27.5 Å². The number of hydrogen-bond acceptors (Lipinski definition) is 4. The van der Waals surface area contributed by atoms with Crippen LogP contribution in [-0.2, 0) is 0 Å². The predicted octanol–water partition coefficient (Wildman–Crippen LogP) is 2.51. The van der Waals surface area contributed by atoms with Gasteiger partial charge in [-0.05, 0) is 24.6 Å². The molecule has 2 rings (SSSR count). The molecule has 1 heterocycles. The van der Waals surface area contributed by atoms with Gasteiger partial charge in [-0.15, -0.1) is 0 Å². The topological polar surface area (TPSA) is 84.9 Å². The lowest BCUT2D eigenvalue weighted by Gasteiger charge is -2.07. The maximum absolute atomic E-state index is 7.20. The third-order valence-electron chi connectivity index (χ3n) is 2.21. The molecule has 0 unspecified atom stereocenters. The molecule has 18 heavy (non-hydrogen) atoms. The minimum absolute atomic E-state index is 0.137. The molecule has 1 aromatic heterocycles. The Balaban J connectivity index is 2.21. The first-order valence-corrected chi connectivity index (χ1v) is 5.54. The SMILES string of the molecule is Cc1ccc(Oc2cnc(C(=N)N)cn2)c(Cl)c1. The van der Waals surface area contributed by atoms with Gasteiger partial charge in [0.15, 0.2) is 0 Å². The van der Waals surface area contributed by atoms with Gasteiger partial charge in [-0.3, -0.25) is 5.41 Å². The Labute approximate surface area is 109 Å². The number of rotatable bonds is 3. The van der Waals surface area contributed by atoms with Crippen LogP contribution in [0.1, 0.15) is 11.3 Å². The number of ether oxygens (including phenoxy) is 1. The fraction of sp³-hybridized carbons (Fsp3) is 0.0833. The lowest BCUT2D eigenvalue weighted by atomic mass is 10.2. The highest BCUT2D eigenvalue weighted by atomic mass is 35.5. The normalized spacial score (nSPS) is 10.1. The van der Waals surface area contributed by atoms with Crippen molar-refractivity contribution >= 4 is 17.4 Å². The zero-order valence-corrected chi connectivity index (χ0v) is 10.4. The van der Waals surface area contributed by atoms with Gasteiger partial charge in [0.2, 0.25) is 5.88 Å². The first-order chi connectivity index (χ1) is 8.56. The molecule has 0 aliphatic rings. The third kappa shape index (κ3) is 2.75. The summed E-state index contributed by atoms with van der Waals surface area (Å²) in [5.74, 6) is 0.667. The van der Waals surface area contributed by atoms with E-state index in [-0.39, 0.29) is 5.84 Å². The maximum atomic E-state index is 7.20. The molecular formula is C12H11ClN4O. The molecule has 0 radical (unpaired) electrons. The molecule has 0 spiro atoms. The molecule has 0 fully saturated rings. The Morgan fingerprint density at radius 2 is 2.11 bits per heavy atom. The van der Waals surface area contributed by atoms with Crippen LogP contribution in [0.15, 0.2) is 30.6 Å². The molecule has 1 aromatic carbocycles. The van der Waals surface area contributed by atoms with Crippen LogP contribution in [-0.4, -0.2) is 15.8 Å². The fourth-order valence-corrected chi connectivity index (χ4v) is 1.58. The molecule has 0 saturated carbocycles. The molecular weight excluding hydrogens is 252 g/mol. The average Bonchev–Trinajstić information content (AvgIpc) is 2.33. The number of nitrogens with two attached hydrogens (primary N) is 1. The fourth-order valence-electron chi connectivity index (χ4n) is 1.31. The van der Waals surface area contributed by atoms with E-state index >= 15 is 0 Å². The largest absolute Gasteiger partial charge is 0.436 e. The summed E-state index contributed by atoms with van der Waals surface area (Å²) in [6, 6.07) is 5.45. The molecule has 0 saturated heterocycles. The van der Waals surface area contributed by atoms with Gasteiger partial charge in [0.25, 0.3) is 0 Å². The van der Waals surface area contributed by atoms with E-state index in [0.29, 0.717) is 22.3 Å². The van der Waals surface area contributed by atoms with Crippen molar-refractivity contribution in [1.82, 2.24) is 9.97 Å². The van der Waals surface area contributed by atoms with Crippen molar-refractivity contribution < 1.29 is 4.74 Å². The minimum atomic E-state index is -0.137. The van der Waals surface area contributed by atoms with E-state index < -0.39 is 0 Å². The van der Waals surface area contributed by atoms with Gasteiger partial charge in [0, 0.05) is 0 Å². The second-order valence-corrected chi connectivity index (χ2v) is 4.10. The molecule has 5 nitrogen and oxygen atoms in total. The molecule has 0 aliphatic carbocycles. The Hall–Kier alpha value is -2.14. The van der Waals surface area contributed by atoms with Crippen LogP contribution in [0, 0.1) is 12.3 Å². The van der Waals surface area contributed by atoms with E-state index in [1.54, 1.807) is 12.1 Å². The minimum Gasteiger partial charge on any atom is -0.436 e. The quantitative estimate of drug-likeness (QED) is 0.657. The van der Waals surface area contributed by atoms with Crippen molar-refractivity contribution in [1.29, 1.82) is 5.41 Å². The van der Waals surface area contributed by atoms with Gasteiger partial charge < -0.3 is 10.5 Å². The van der Waals surface area contributed by atoms with E-state index in [1.807, 2.05) is 13.0 Å². The number of amidine groups is 1. The van der Waals surface area contributed by atoms with Crippen molar-refractivity contribution in [3.8, 4) is 11.6 Å². The number of nitrogen functional groups attached to an aromatic ring is 1. The summed E-state index contributed by atoms with van der Waals surface area (Å²) in [5.41, 5.74) is 6.63. The number of hydrogen-bond donors (Lipinski definition) is 2. The van der Waals surface area contributed by atoms with Crippen LogP contribution in [0.25, 0.3) is 0 Å². The van der Waals surface area contributed by atoms with Crippen molar-refractivity contribution in [2.75, 3.05) is 0 Å². The lowest BCUT2D eigenvalue weighted by Crippen LogP contribution is -2.13. The highest BCUT2D eigenvalue weighted by Crippen LogP contribution is 2.28. The molecule has 2 aromatic rings. The predicted molar refractivity (Wildman–Crippen MR) is 69.3 cm³/mol. The van der Waals surface area contributed by atoms with Crippen molar-refractivity contribution in [3.63, 3.8) is 0 Å². The average molecular weight is 263 g/mol. The summed E-state index contributed by atoms with van der Waals surface area (Å²) in [5, 5.41) is 7.70. The second-order valence-electron chi connectivity index (χ2n) is 3.69. The van der Waals surface area contributed by atoms with Gasteiger partial charge in [-0.1, -0.05) is 17.7 Å². The van der Waals surface area contributed by atoms with E-state index in [1.165, 1.54) is 12.4 Å². The zero-order valence-electron chi connectivity index (χ0n) is 9.64. The number of nitrogens with one attached hydrogen (secondary N) is 1. The van der Waals surface area contributed by atoms with Gasteiger partial charge in [0.1, 0.15) is 17.3 Å². The Morgan fingerprint density at radius 1 is 1.33 bits per heavy atom. The number of nitrogens with zero attached hydrogens (tertiary/aromatic N) is 2. The summed E-state index contributed by atoms with van der Waals surface area (Å²) in [7, 11) is 0. The number of aryl methyl sites for hydroxylation is 1. The van der Waals surface area contributed by atoms with Crippen LogP contribution in [0.5, 0.6) is 11.6 Å². The van der Waals surface area contributed by atoms with Crippen molar-refractivity contribution in [3.05, 3.63) is 46.9 Å². The summed E-state index contributed by atoms with van der Waals surface area (Å²) in [6.45, 7) is 1.94. The molecule has 0 atom stereocenters. The van der Waals surface area contributed by atoms with E-state index in [2.05, 4.69) is 9.97 Å². The second kappa shape index (κ2) is 5.01. The van der Waals surface area contributed by atoms with Crippen LogP contribution < -0.4 is 10.5 Å². The summed E-state index contributed by atoms with van der Waals surface area (Å²) in [6.07, 6.45) is 2.77. The maximum Gasteiger partial charge on any atom is 0.237 e. The molecule has 0 amide bonds. The molecule has 6 heteroatoms. The van der Waals surface area contributed by atoms with Gasteiger partial charge in [-0.2, -0.15) is 0 Å². The molecule has 0 aliphatic heterocycles. The Morgan fingerprint density at radius 3 is 2.67 bits per heavy atom. The molecule has 92 valence electrons. The third-order valence-corrected chi connectivity index (χ3v) is 2.50. The van der Waals surface area contributed by atoms with E-state index in [9.17, 15) is 0 Å². The smallest absolute Gasteiger partial charge is 0.237 e. The number of benzene rings is 1. The first-order valence-electron chi connectivity index (χ1n) is 5.16. The first kappa shape index (κ1) is 12.3. The summed E-state index contributed by atoms with van der Waals surface area (Å²) < 4.78 is 5.48. The number of aromatic nitrogens is 2. The van der Waals surface area contributed by atoms with Gasteiger partial charge in [-0.25, -0.2) is 9.97 Å². The highest BCUT2D eigenvalue weighted by Gasteiger charge is 2.05. The van der Waals surface area contributed by atoms with Crippen LogP contribution in [0.2, 0.25) is 5.02 Å². The van der Waals surface area contributed by atoms with E-state index in [0.717, 1.165) is 5.56 Å². The van der Waals surface area contributed by atoms with Crippen LogP contribution in [0.3, 0.4) is 0 Å². The number of halogens is 1. The monoisotopic (exact) mass is 262 g/mol.